The molecule has 0 aliphatic rings. The SMILES string of the molecule is COc1cc(Nc2nnccc2C#N)c(Br)cc1Br. The normalized spacial score (nSPS) is 9.79. The van der Waals surface area contributed by atoms with Gasteiger partial charge in [-0.15, -0.1) is 5.10 Å². The largest absolute Gasteiger partial charge is 0.495 e. The lowest BCUT2D eigenvalue weighted by Crippen LogP contribution is -1.99. The molecule has 19 heavy (non-hydrogen) atoms. The van der Waals surface area contributed by atoms with Crippen molar-refractivity contribution in [1.82, 2.24) is 10.2 Å². The molecular weight excluding hydrogens is 376 g/mol. The third kappa shape index (κ3) is 3.03. The summed E-state index contributed by atoms with van der Waals surface area (Å²) in [6.07, 6.45) is 1.47. The first-order valence-corrected chi connectivity index (χ1v) is 6.76. The van der Waals surface area contributed by atoms with Crippen LogP contribution in [0.25, 0.3) is 0 Å². The van der Waals surface area contributed by atoms with Gasteiger partial charge in [-0.2, -0.15) is 10.4 Å². The first kappa shape index (κ1) is 13.8. The van der Waals surface area contributed by atoms with Crippen molar-refractivity contribution in [2.75, 3.05) is 12.4 Å². The Balaban J connectivity index is 2.41. The predicted molar refractivity (Wildman–Crippen MR) is 78.4 cm³/mol. The molecule has 2 rings (SSSR count). The molecule has 0 bridgehead atoms. The molecule has 2 aromatic rings. The van der Waals surface area contributed by atoms with Crippen molar-refractivity contribution < 1.29 is 4.74 Å². The first-order valence-electron chi connectivity index (χ1n) is 5.17. The highest BCUT2D eigenvalue weighted by Crippen LogP contribution is 2.35. The van der Waals surface area contributed by atoms with E-state index in [2.05, 4.69) is 53.4 Å². The van der Waals surface area contributed by atoms with Crippen LogP contribution >= 0.6 is 31.9 Å². The van der Waals surface area contributed by atoms with Crippen molar-refractivity contribution in [3.8, 4) is 11.8 Å². The summed E-state index contributed by atoms with van der Waals surface area (Å²) in [5, 5.41) is 19.7. The minimum Gasteiger partial charge on any atom is -0.495 e. The third-order valence-electron chi connectivity index (χ3n) is 2.34. The maximum absolute atomic E-state index is 9.01. The number of anilines is 2. The fourth-order valence-electron chi connectivity index (χ4n) is 1.42. The molecule has 0 fully saturated rings. The van der Waals surface area contributed by atoms with E-state index in [9.17, 15) is 0 Å². The lowest BCUT2D eigenvalue weighted by Gasteiger charge is -2.11. The Labute approximate surface area is 126 Å². The zero-order chi connectivity index (χ0) is 13.8. The molecule has 1 aromatic carbocycles. The van der Waals surface area contributed by atoms with Crippen LogP contribution in [-0.2, 0) is 0 Å². The van der Waals surface area contributed by atoms with Crippen molar-refractivity contribution in [1.29, 1.82) is 5.26 Å². The van der Waals surface area contributed by atoms with Crippen LogP contribution in [0.4, 0.5) is 11.5 Å². The number of nitriles is 1. The Kier molecular flexibility index (Phi) is 4.35. The number of benzene rings is 1. The van der Waals surface area contributed by atoms with E-state index >= 15 is 0 Å². The van der Waals surface area contributed by atoms with Gasteiger partial charge in [0.25, 0.3) is 0 Å². The topological polar surface area (TPSA) is 70.8 Å². The summed E-state index contributed by atoms with van der Waals surface area (Å²) >= 11 is 6.83. The minimum absolute atomic E-state index is 0.398. The monoisotopic (exact) mass is 382 g/mol. The Morgan fingerprint density at radius 2 is 2.11 bits per heavy atom. The summed E-state index contributed by atoms with van der Waals surface area (Å²) in [6, 6.07) is 7.30. The molecule has 0 amide bonds. The van der Waals surface area contributed by atoms with E-state index in [1.54, 1.807) is 19.2 Å². The van der Waals surface area contributed by atoms with E-state index < -0.39 is 0 Å². The summed E-state index contributed by atoms with van der Waals surface area (Å²) in [5.74, 6) is 1.07. The van der Waals surface area contributed by atoms with Gasteiger partial charge in [-0.1, -0.05) is 0 Å². The Morgan fingerprint density at radius 3 is 2.79 bits per heavy atom. The number of hydrogen-bond acceptors (Lipinski definition) is 5. The van der Waals surface area contributed by atoms with Crippen LogP contribution in [0.5, 0.6) is 5.75 Å². The highest BCUT2D eigenvalue weighted by Gasteiger charge is 2.10. The number of nitrogens with one attached hydrogen (secondary N) is 1. The van der Waals surface area contributed by atoms with Crippen molar-refractivity contribution in [2.45, 2.75) is 0 Å². The van der Waals surface area contributed by atoms with Crippen LogP contribution in [-0.4, -0.2) is 17.3 Å². The highest BCUT2D eigenvalue weighted by atomic mass is 79.9. The molecule has 0 saturated heterocycles. The minimum atomic E-state index is 0.398. The van der Waals surface area contributed by atoms with Gasteiger partial charge in [0.1, 0.15) is 11.8 Å². The number of ether oxygens (including phenoxy) is 1. The number of halogens is 2. The van der Waals surface area contributed by atoms with Gasteiger partial charge < -0.3 is 10.1 Å². The maximum atomic E-state index is 9.01. The van der Waals surface area contributed by atoms with Gasteiger partial charge in [-0.05, 0) is 44.0 Å². The smallest absolute Gasteiger partial charge is 0.171 e. The molecule has 1 aromatic heterocycles. The molecule has 0 radical (unpaired) electrons. The van der Waals surface area contributed by atoms with Crippen LogP contribution in [0.15, 0.2) is 33.3 Å². The van der Waals surface area contributed by atoms with E-state index in [4.69, 9.17) is 10.00 Å². The molecule has 1 heterocycles. The Bertz CT molecular complexity index is 655. The lowest BCUT2D eigenvalue weighted by molar-refractivity contribution is 0.412. The van der Waals surface area contributed by atoms with Crippen LogP contribution in [0, 0.1) is 11.3 Å². The third-order valence-corrected chi connectivity index (χ3v) is 3.61. The molecule has 5 nitrogen and oxygen atoms in total. The summed E-state index contributed by atoms with van der Waals surface area (Å²) in [4.78, 5) is 0. The van der Waals surface area contributed by atoms with Gasteiger partial charge in [0.15, 0.2) is 5.82 Å². The number of rotatable bonds is 3. The van der Waals surface area contributed by atoms with Crippen LogP contribution in [0.2, 0.25) is 0 Å². The van der Waals surface area contributed by atoms with Crippen molar-refractivity contribution >= 4 is 43.4 Å². The van der Waals surface area contributed by atoms with Crippen molar-refractivity contribution in [3.63, 3.8) is 0 Å². The molecular formula is C12H8Br2N4O. The molecule has 0 spiro atoms. The van der Waals surface area contributed by atoms with Gasteiger partial charge in [-0.3, -0.25) is 0 Å². The standard InChI is InChI=1S/C12H8Br2N4O/c1-19-11-5-10(8(13)4-9(11)14)17-12-7(6-15)2-3-16-18-12/h2-5H,1H3,(H,17,18). The van der Waals surface area contributed by atoms with Crippen LogP contribution in [0.1, 0.15) is 5.56 Å². The summed E-state index contributed by atoms with van der Waals surface area (Å²) in [6.45, 7) is 0. The zero-order valence-corrected chi connectivity index (χ0v) is 13.0. The second kappa shape index (κ2) is 5.99. The van der Waals surface area contributed by atoms with Gasteiger partial charge in [0.05, 0.1) is 29.0 Å². The molecule has 0 saturated carbocycles. The van der Waals surface area contributed by atoms with Gasteiger partial charge in [-0.25, -0.2) is 0 Å². The fourth-order valence-corrected chi connectivity index (χ4v) is 2.68. The first-order chi connectivity index (χ1) is 9.15. The number of nitrogens with zero attached hydrogens (tertiary/aromatic N) is 3. The van der Waals surface area contributed by atoms with Gasteiger partial charge in [0.2, 0.25) is 0 Å². The van der Waals surface area contributed by atoms with E-state index in [1.807, 2.05) is 6.07 Å². The molecule has 0 atom stereocenters. The van der Waals surface area contributed by atoms with E-state index in [-0.39, 0.29) is 0 Å². The quantitative estimate of drug-likeness (QED) is 0.876. The van der Waals surface area contributed by atoms with Crippen molar-refractivity contribution in [3.05, 3.63) is 38.9 Å². The van der Waals surface area contributed by atoms with Gasteiger partial charge >= 0.3 is 0 Å². The summed E-state index contributed by atoms with van der Waals surface area (Å²) < 4.78 is 6.87. The second-order valence-electron chi connectivity index (χ2n) is 3.50. The summed E-state index contributed by atoms with van der Waals surface area (Å²) in [5.41, 5.74) is 1.15. The average Bonchev–Trinajstić information content (AvgIpc) is 2.42. The van der Waals surface area contributed by atoms with E-state index in [0.29, 0.717) is 17.1 Å². The van der Waals surface area contributed by atoms with Crippen LogP contribution < -0.4 is 10.1 Å². The Hall–Kier alpha value is -1.65. The van der Waals surface area contributed by atoms with E-state index in [0.717, 1.165) is 14.6 Å². The molecule has 7 heteroatoms. The molecule has 1 N–H and O–H groups in total. The number of aromatic nitrogens is 2. The maximum Gasteiger partial charge on any atom is 0.171 e. The number of methoxy groups -OCH3 is 1. The Morgan fingerprint density at radius 1 is 1.32 bits per heavy atom. The second-order valence-corrected chi connectivity index (χ2v) is 5.21. The molecule has 0 aliphatic heterocycles. The fraction of sp³-hybridized carbons (Fsp3) is 0.0833. The lowest BCUT2D eigenvalue weighted by atomic mass is 10.2. The van der Waals surface area contributed by atoms with Crippen molar-refractivity contribution in [2.24, 2.45) is 0 Å². The average molecular weight is 384 g/mol. The molecule has 0 unspecified atom stereocenters. The van der Waals surface area contributed by atoms with Gasteiger partial charge in [0, 0.05) is 10.5 Å². The number of hydrogen-bond donors (Lipinski definition) is 1. The summed E-state index contributed by atoms with van der Waals surface area (Å²) in [7, 11) is 1.58. The highest BCUT2D eigenvalue weighted by molar-refractivity contribution is 9.11. The zero-order valence-electron chi connectivity index (χ0n) is 9.82. The van der Waals surface area contributed by atoms with E-state index in [1.165, 1.54) is 6.20 Å². The molecule has 96 valence electrons. The van der Waals surface area contributed by atoms with Crippen LogP contribution in [0.3, 0.4) is 0 Å². The predicted octanol–water partition coefficient (Wildman–Crippen LogP) is 3.63. The molecule has 0 aliphatic carbocycles.